The maximum atomic E-state index is 12.1. The zero-order chi connectivity index (χ0) is 19.1. The minimum Gasteiger partial charge on any atom is -0.456 e. The molecule has 1 N–H and O–H groups in total. The molecule has 2 aliphatic rings. The second-order valence-corrected chi connectivity index (χ2v) is 8.35. The molecule has 0 radical (unpaired) electrons. The van der Waals surface area contributed by atoms with Gasteiger partial charge in [-0.2, -0.15) is 0 Å². The van der Waals surface area contributed by atoms with E-state index in [4.69, 9.17) is 4.74 Å². The van der Waals surface area contributed by atoms with E-state index in [-0.39, 0.29) is 12.1 Å². The number of esters is 1. The lowest BCUT2D eigenvalue weighted by atomic mass is 9.83. The summed E-state index contributed by atoms with van der Waals surface area (Å²) < 4.78 is 5.49. The Labute approximate surface area is 163 Å². The van der Waals surface area contributed by atoms with Gasteiger partial charge in [-0.15, -0.1) is 0 Å². The molecule has 27 heavy (non-hydrogen) atoms. The van der Waals surface area contributed by atoms with E-state index in [9.17, 15) is 9.90 Å². The Balaban J connectivity index is 1.48. The van der Waals surface area contributed by atoms with Crippen LogP contribution >= 0.6 is 0 Å². The van der Waals surface area contributed by atoms with Gasteiger partial charge < -0.3 is 9.84 Å². The number of hydrogen-bond donors (Lipinski definition) is 1. The van der Waals surface area contributed by atoms with Crippen LogP contribution in [0.25, 0.3) is 6.08 Å². The Kier molecular flexibility index (Phi) is 7.51. The Hall–Kier alpha value is -1.61. The summed E-state index contributed by atoms with van der Waals surface area (Å²) in [6.07, 6.45) is 13.9. The fourth-order valence-electron chi connectivity index (χ4n) is 4.68. The van der Waals surface area contributed by atoms with Crippen LogP contribution in [-0.2, 0) is 9.53 Å². The molecule has 0 spiro atoms. The predicted octanol–water partition coefficient (Wildman–Crippen LogP) is 5.62. The maximum absolute atomic E-state index is 12.1. The van der Waals surface area contributed by atoms with Gasteiger partial charge in [0.25, 0.3) is 0 Å². The highest BCUT2D eigenvalue weighted by molar-refractivity contribution is 5.87. The average molecular weight is 371 g/mol. The molecule has 3 atom stereocenters. The zero-order valence-corrected chi connectivity index (χ0v) is 16.6. The van der Waals surface area contributed by atoms with Crippen LogP contribution in [0.4, 0.5) is 0 Å². The number of rotatable bonds is 6. The molecular weight excluding hydrogens is 336 g/mol. The number of hydrogen-bond acceptors (Lipinski definition) is 3. The second-order valence-electron chi connectivity index (χ2n) is 8.35. The summed E-state index contributed by atoms with van der Waals surface area (Å²) in [5.74, 6) is 0.911. The maximum Gasteiger partial charge on any atom is 0.331 e. The summed E-state index contributed by atoms with van der Waals surface area (Å²) >= 11 is 0. The molecular formula is C24H34O3. The van der Waals surface area contributed by atoms with Gasteiger partial charge in [0.1, 0.15) is 6.10 Å². The second kappa shape index (κ2) is 10.1. The number of carbonyl (C=O) groups excluding carboxylic acids is 1. The Morgan fingerprint density at radius 3 is 2.52 bits per heavy atom. The van der Waals surface area contributed by atoms with Crippen LogP contribution in [0.5, 0.6) is 0 Å². The van der Waals surface area contributed by atoms with E-state index >= 15 is 0 Å². The molecule has 3 heteroatoms. The molecule has 0 bridgehead atoms. The smallest absolute Gasteiger partial charge is 0.331 e. The van der Waals surface area contributed by atoms with E-state index in [2.05, 4.69) is 31.2 Å². The topological polar surface area (TPSA) is 46.5 Å². The fraction of sp³-hybridized carbons (Fsp3) is 0.625. The normalized spacial score (nSPS) is 27.0. The van der Waals surface area contributed by atoms with E-state index < -0.39 is 6.10 Å². The third-order valence-corrected chi connectivity index (χ3v) is 6.25. The fourth-order valence-corrected chi connectivity index (χ4v) is 4.68. The van der Waals surface area contributed by atoms with Crippen molar-refractivity contribution in [2.45, 2.75) is 89.3 Å². The van der Waals surface area contributed by atoms with E-state index in [1.54, 1.807) is 0 Å². The van der Waals surface area contributed by atoms with Gasteiger partial charge in [0.2, 0.25) is 0 Å². The number of aliphatic hydroxyl groups excluding tert-OH is 1. The van der Waals surface area contributed by atoms with E-state index in [1.807, 2.05) is 6.08 Å². The molecule has 0 aromatic heterocycles. The highest BCUT2D eigenvalue weighted by Crippen LogP contribution is 2.33. The third-order valence-electron chi connectivity index (χ3n) is 6.25. The lowest BCUT2D eigenvalue weighted by Gasteiger charge is -2.32. The molecule has 1 aromatic carbocycles. The zero-order valence-electron chi connectivity index (χ0n) is 16.6. The van der Waals surface area contributed by atoms with Crippen LogP contribution in [0, 0.1) is 5.92 Å². The molecule has 3 rings (SSSR count). The van der Waals surface area contributed by atoms with Gasteiger partial charge in [0.15, 0.2) is 0 Å². The molecule has 0 saturated heterocycles. The van der Waals surface area contributed by atoms with Crippen LogP contribution < -0.4 is 0 Å². The average Bonchev–Trinajstić information content (AvgIpc) is 2.70. The molecule has 3 unspecified atom stereocenters. The first-order valence-electron chi connectivity index (χ1n) is 10.8. The molecule has 2 fully saturated rings. The molecule has 148 valence electrons. The van der Waals surface area contributed by atoms with Gasteiger partial charge in [-0.05, 0) is 61.1 Å². The van der Waals surface area contributed by atoms with Crippen LogP contribution in [0.3, 0.4) is 0 Å². The first-order valence-corrected chi connectivity index (χ1v) is 10.8. The first kappa shape index (κ1) is 20.1. The first-order chi connectivity index (χ1) is 13.2. The monoisotopic (exact) mass is 370 g/mol. The quantitative estimate of drug-likeness (QED) is 0.522. The van der Waals surface area contributed by atoms with Gasteiger partial charge in [-0.3, -0.25) is 0 Å². The van der Waals surface area contributed by atoms with Gasteiger partial charge in [-0.25, -0.2) is 4.79 Å². The van der Waals surface area contributed by atoms with E-state index in [0.29, 0.717) is 11.8 Å². The van der Waals surface area contributed by atoms with Crippen molar-refractivity contribution in [1.82, 2.24) is 0 Å². The van der Waals surface area contributed by atoms with Crippen molar-refractivity contribution >= 4 is 12.0 Å². The van der Waals surface area contributed by atoms with Crippen LogP contribution in [0.15, 0.2) is 30.3 Å². The Morgan fingerprint density at radius 1 is 1.11 bits per heavy atom. The SMILES string of the molecule is CCCC1CCC(OC(=O)/C=C/c2ccc(C3CCCCC3)cc2)C(O)C1. The van der Waals surface area contributed by atoms with Crippen molar-refractivity contribution < 1.29 is 14.6 Å². The molecule has 3 nitrogen and oxygen atoms in total. The standard InChI is InChI=1S/C24H34O3/c1-2-6-19-11-15-23(22(25)17-19)27-24(26)16-12-18-9-13-21(14-10-18)20-7-4-3-5-8-20/h9-10,12-14,16,19-20,22-23,25H,2-8,11,15,17H2,1H3/b16-12+. The van der Waals surface area contributed by atoms with Crippen molar-refractivity contribution in [2.75, 3.05) is 0 Å². The minimum absolute atomic E-state index is 0.357. The largest absolute Gasteiger partial charge is 0.456 e. The number of aliphatic hydroxyl groups is 1. The predicted molar refractivity (Wildman–Crippen MR) is 109 cm³/mol. The minimum atomic E-state index is -0.526. The summed E-state index contributed by atoms with van der Waals surface area (Å²) in [5, 5.41) is 10.3. The van der Waals surface area contributed by atoms with Gasteiger partial charge in [-0.1, -0.05) is 63.3 Å². The molecule has 2 aliphatic carbocycles. The Morgan fingerprint density at radius 2 is 1.85 bits per heavy atom. The highest BCUT2D eigenvalue weighted by Gasteiger charge is 2.30. The van der Waals surface area contributed by atoms with Crippen molar-refractivity contribution in [3.63, 3.8) is 0 Å². The van der Waals surface area contributed by atoms with Crippen molar-refractivity contribution in [3.8, 4) is 0 Å². The molecule has 1 aromatic rings. The summed E-state index contributed by atoms with van der Waals surface area (Å²) in [6, 6.07) is 8.55. The van der Waals surface area contributed by atoms with Gasteiger partial charge in [0, 0.05) is 6.08 Å². The molecule has 0 aliphatic heterocycles. The van der Waals surface area contributed by atoms with Crippen LogP contribution in [0.2, 0.25) is 0 Å². The number of benzene rings is 1. The summed E-state index contributed by atoms with van der Waals surface area (Å²) in [7, 11) is 0. The van der Waals surface area contributed by atoms with E-state index in [1.165, 1.54) is 43.7 Å². The number of ether oxygens (including phenoxy) is 1. The molecule has 0 amide bonds. The van der Waals surface area contributed by atoms with Crippen LogP contribution in [-0.4, -0.2) is 23.3 Å². The van der Waals surface area contributed by atoms with Crippen LogP contribution in [0.1, 0.15) is 88.2 Å². The summed E-state index contributed by atoms with van der Waals surface area (Å²) in [5.41, 5.74) is 2.43. The Bertz CT molecular complexity index is 613. The summed E-state index contributed by atoms with van der Waals surface area (Å²) in [6.45, 7) is 2.17. The lowest BCUT2D eigenvalue weighted by Crippen LogP contribution is -2.37. The van der Waals surface area contributed by atoms with Crippen molar-refractivity contribution in [2.24, 2.45) is 5.92 Å². The van der Waals surface area contributed by atoms with Gasteiger partial charge >= 0.3 is 5.97 Å². The van der Waals surface area contributed by atoms with Crippen molar-refractivity contribution in [1.29, 1.82) is 0 Å². The molecule has 2 saturated carbocycles. The summed E-state index contributed by atoms with van der Waals surface area (Å²) in [4.78, 5) is 12.1. The highest BCUT2D eigenvalue weighted by atomic mass is 16.6. The number of carbonyl (C=O) groups is 1. The third kappa shape index (κ3) is 5.93. The van der Waals surface area contributed by atoms with Gasteiger partial charge in [0.05, 0.1) is 6.10 Å². The van der Waals surface area contributed by atoms with Crippen molar-refractivity contribution in [3.05, 3.63) is 41.5 Å². The van der Waals surface area contributed by atoms with E-state index in [0.717, 1.165) is 37.7 Å². The lowest BCUT2D eigenvalue weighted by molar-refractivity contribution is -0.152. The molecule has 0 heterocycles.